The van der Waals surface area contributed by atoms with Crippen LogP contribution in [-0.4, -0.2) is 53.6 Å². The van der Waals surface area contributed by atoms with Gasteiger partial charge in [-0.15, -0.1) is 0 Å². The molecular formula is C9H19NO4. The SMILES string of the molecule is CC(C)N(CCCO)C(=O)OCCO. The minimum Gasteiger partial charge on any atom is -0.447 e. The predicted molar refractivity (Wildman–Crippen MR) is 52.0 cm³/mol. The van der Waals surface area contributed by atoms with Crippen LogP contribution in [0.5, 0.6) is 0 Å². The topological polar surface area (TPSA) is 70.0 Å². The molecule has 5 heteroatoms. The molecule has 0 bridgehead atoms. The monoisotopic (exact) mass is 205 g/mol. The minimum absolute atomic E-state index is 0.0151. The first kappa shape index (κ1) is 13.2. The van der Waals surface area contributed by atoms with Crippen LogP contribution >= 0.6 is 0 Å². The van der Waals surface area contributed by atoms with Gasteiger partial charge in [0.25, 0.3) is 0 Å². The average Bonchev–Trinajstić information content (AvgIpc) is 2.14. The molecule has 0 saturated carbocycles. The van der Waals surface area contributed by atoms with Crippen LogP contribution in [-0.2, 0) is 4.74 Å². The number of aliphatic hydroxyl groups is 2. The first-order valence-corrected chi connectivity index (χ1v) is 4.78. The average molecular weight is 205 g/mol. The molecule has 0 aromatic carbocycles. The Morgan fingerprint density at radius 2 is 2.00 bits per heavy atom. The fourth-order valence-electron chi connectivity index (χ4n) is 1.02. The fraction of sp³-hybridized carbons (Fsp3) is 0.889. The van der Waals surface area contributed by atoms with Gasteiger partial charge in [-0.25, -0.2) is 4.79 Å². The molecular weight excluding hydrogens is 186 g/mol. The van der Waals surface area contributed by atoms with Gasteiger partial charge in [0.1, 0.15) is 6.61 Å². The van der Waals surface area contributed by atoms with Crippen molar-refractivity contribution >= 4 is 6.09 Å². The van der Waals surface area contributed by atoms with Gasteiger partial charge in [-0.05, 0) is 20.3 Å². The molecule has 14 heavy (non-hydrogen) atoms. The number of hydrogen-bond acceptors (Lipinski definition) is 4. The third-order valence-corrected chi connectivity index (χ3v) is 1.73. The summed E-state index contributed by atoms with van der Waals surface area (Å²) in [5, 5.41) is 17.1. The quantitative estimate of drug-likeness (QED) is 0.650. The van der Waals surface area contributed by atoms with E-state index < -0.39 is 6.09 Å². The molecule has 0 atom stereocenters. The Hall–Kier alpha value is -0.810. The second kappa shape index (κ2) is 7.58. The van der Waals surface area contributed by atoms with Gasteiger partial charge in [0.2, 0.25) is 0 Å². The lowest BCUT2D eigenvalue weighted by Gasteiger charge is -2.25. The summed E-state index contributed by atoms with van der Waals surface area (Å²) in [6, 6.07) is 0.0349. The number of amides is 1. The summed E-state index contributed by atoms with van der Waals surface area (Å²) in [5.41, 5.74) is 0. The Morgan fingerprint density at radius 3 is 2.43 bits per heavy atom. The predicted octanol–water partition coefficient (Wildman–Crippen LogP) is 0.208. The van der Waals surface area contributed by atoms with Crippen molar-refractivity contribution in [2.24, 2.45) is 0 Å². The van der Waals surface area contributed by atoms with E-state index in [0.29, 0.717) is 13.0 Å². The summed E-state index contributed by atoms with van der Waals surface area (Å²) >= 11 is 0. The Labute approximate surface area is 84.3 Å². The number of rotatable bonds is 6. The molecule has 84 valence electrons. The Kier molecular flexibility index (Phi) is 7.14. The molecule has 0 saturated heterocycles. The van der Waals surface area contributed by atoms with Crippen LogP contribution in [0.1, 0.15) is 20.3 Å². The molecule has 0 aromatic rings. The second-order valence-electron chi connectivity index (χ2n) is 3.20. The maximum atomic E-state index is 11.4. The van der Waals surface area contributed by atoms with Gasteiger partial charge >= 0.3 is 6.09 Å². The summed E-state index contributed by atoms with van der Waals surface area (Å²) in [4.78, 5) is 12.9. The Balaban J connectivity index is 3.98. The highest BCUT2D eigenvalue weighted by atomic mass is 16.6. The number of hydrogen-bond donors (Lipinski definition) is 2. The van der Waals surface area contributed by atoms with Crippen LogP contribution in [0, 0.1) is 0 Å². The maximum absolute atomic E-state index is 11.4. The molecule has 0 unspecified atom stereocenters. The van der Waals surface area contributed by atoms with Crippen LogP contribution in [0.2, 0.25) is 0 Å². The molecule has 0 radical (unpaired) electrons. The maximum Gasteiger partial charge on any atom is 0.410 e. The van der Waals surface area contributed by atoms with Crippen LogP contribution in [0.25, 0.3) is 0 Å². The lowest BCUT2D eigenvalue weighted by Crippen LogP contribution is -2.38. The summed E-state index contributed by atoms with van der Waals surface area (Å²) in [6.45, 7) is 4.11. The van der Waals surface area contributed by atoms with E-state index >= 15 is 0 Å². The standard InChI is InChI=1S/C9H19NO4/c1-8(2)10(4-3-5-11)9(13)14-7-6-12/h8,11-12H,3-7H2,1-2H3. The van der Waals surface area contributed by atoms with Crippen molar-refractivity contribution < 1.29 is 19.7 Å². The molecule has 0 aliphatic rings. The van der Waals surface area contributed by atoms with Crippen LogP contribution in [0.15, 0.2) is 0 Å². The van der Waals surface area contributed by atoms with Crippen molar-refractivity contribution in [1.29, 1.82) is 0 Å². The van der Waals surface area contributed by atoms with E-state index in [9.17, 15) is 4.79 Å². The minimum atomic E-state index is -0.442. The molecule has 5 nitrogen and oxygen atoms in total. The zero-order chi connectivity index (χ0) is 11.0. The molecule has 0 spiro atoms. The number of aliphatic hydroxyl groups excluding tert-OH is 2. The second-order valence-corrected chi connectivity index (χ2v) is 3.20. The summed E-state index contributed by atoms with van der Waals surface area (Å²) < 4.78 is 4.77. The fourth-order valence-corrected chi connectivity index (χ4v) is 1.02. The highest BCUT2D eigenvalue weighted by Gasteiger charge is 2.17. The van der Waals surface area contributed by atoms with E-state index in [-0.39, 0.29) is 25.9 Å². The number of nitrogens with zero attached hydrogens (tertiary/aromatic N) is 1. The van der Waals surface area contributed by atoms with Gasteiger partial charge in [-0.3, -0.25) is 0 Å². The summed E-state index contributed by atoms with van der Waals surface area (Å²) in [7, 11) is 0. The van der Waals surface area contributed by atoms with Crippen molar-refractivity contribution in [3.8, 4) is 0 Å². The van der Waals surface area contributed by atoms with Gasteiger partial charge in [0.05, 0.1) is 6.61 Å². The zero-order valence-electron chi connectivity index (χ0n) is 8.77. The molecule has 0 aliphatic carbocycles. The smallest absolute Gasteiger partial charge is 0.410 e. The number of carbonyl (C=O) groups excluding carboxylic acids is 1. The third-order valence-electron chi connectivity index (χ3n) is 1.73. The summed E-state index contributed by atoms with van der Waals surface area (Å²) in [5.74, 6) is 0. The largest absolute Gasteiger partial charge is 0.447 e. The molecule has 0 rings (SSSR count). The first-order chi connectivity index (χ1) is 6.63. The molecule has 0 fully saturated rings. The van der Waals surface area contributed by atoms with Gasteiger partial charge in [0, 0.05) is 19.2 Å². The van der Waals surface area contributed by atoms with Gasteiger partial charge < -0.3 is 19.8 Å². The van der Waals surface area contributed by atoms with Gasteiger partial charge in [-0.2, -0.15) is 0 Å². The van der Waals surface area contributed by atoms with Crippen LogP contribution in [0.4, 0.5) is 4.79 Å². The number of carbonyl (C=O) groups is 1. The third kappa shape index (κ3) is 5.04. The lowest BCUT2D eigenvalue weighted by molar-refractivity contribution is 0.0733. The van der Waals surface area contributed by atoms with Crippen molar-refractivity contribution in [1.82, 2.24) is 4.90 Å². The lowest BCUT2D eigenvalue weighted by atomic mass is 10.3. The highest BCUT2D eigenvalue weighted by Crippen LogP contribution is 2.02. The van der Waals surface area contributed by atoms with Crippen LogP contribution < -0.4 is 0 Å². The summed E-state index contributed by atoms with van der Waals surface area (Å²) in [6.07, 6.45) is 0.0920. The van der Waals surface area contributed by atoms with Gasteiger partial charge in [-0.1, -0.05) is 0 Å². The van der Waals surface area contributed by atoms with E-state index in [4.69, 9.17) is 14.9 Å². The van der Waals surface area contributed by atoms with E-state index in [1.165, 1.54) is 4.90 Å². The number of ether oxygens (including phenoxy) is 1. The molecule has 0 aliphatic heterocycles. The van der Waals surface area contributed by atoms with E-state index in [1.54, 1.807) is 0 Å². The molecule has 0 heterocycles. The van der Waals surface area contributed by atoms with E-state index in [1.807, 2.05) is 13.8 Å². The zero-order valence-corrected chi connectivity index (χ0v) is 8.77. The molecule has 1 amide bonds. The van der Waals surface area contributed by atoms with Crippen molar-refractivity contribution in [2.45, 2.75) is 26.3 Å². The Morgan fingerprint density at radius 1 is 1.36 bits per heavy atom. The van der Waals surface area contributed by atoms with Gasteiger partial charge in [0.15, 0.2) is 0 Å². The molecule has 2 N–H and O–H groups in total. The van der Waals surface area contributed by atoms with E-state index in [2.05, 4.69) is 0 Å². The highest BCUT2D eigenvalue weighted by molar-refractivity contribution is 5.67. The Bertz CT molecular complexity index is 161. The van der Waals surface area contributed by atoms with Crippen LogP contribution in [0.3, 0.4) is 0 Å². The molecule has 0 aromatic heterocycles. The van der Waals surface area contributed by atoms with Crippen molar-refractivity contribution in [3.05, 3.63) is 0 Å². The first-order valence-electron chi connectivity index (χ1n) is 4.78. The van der Waals surface area contributed by atoms with Crippen molar-refractivity contribution in [2.75, 3.05) is 26.4 Å². The van der Waals surface area contributed by atoms with Crippen molar-refractivity contribution in [3.63, 3.8) is 0 Å². The van der Waals surface area contributed by atoms with E-state index in [0.717, 1.165) is 0 Å². The normalized spacial score (nSPS) is 10.4.